The molecule has 0 aliphatic carbocycles. The second-order valence-electron chi connectivity index (χ2n) is 4.94. The number of halogens is 1. The molecule has 3 aromatic rings. The first kappa shape index (κ1) is 15.1. The normalized spacial score (nSPS) is 10.7. The van der Waals surface area contributed by atoms with E-state index in [4.69, 9.17) is 11.6 Å². The van der Waals surface area contributed by atoms with Crippen molar-refractivity contribution in [1.29, 1.82) is 0 Å². The maximum Gasteiger partial charge on any atom is 0.256 e. The van der Waals surface area contributed by atoms with E-state index in [0.717, 1.165) is 5.56 Å². The van der Waals surface area contributed by atoms with Crippen LogP contribution in [-0.4, -0.2) is 26.1 Å². The van der Waals surface area contributed by atoms with E-state index in [1.165, 1.54) is 24.5 Å². The van der Waals surface area contributed by atoms with Crippen molar-refractivity contribution in [2.24, 2.45) is 0 Å². The average molecular weight is 330 g/mol. The van der Waals surface area contributed by atoms with Crippen LogP contribution < -0.4 is 5.32 Å². The number of aryl methyl sites for hydroxylation is 1. The van der Waals surface area contributed by atoms with Gasteiger partial charge in [0.05, 0.1) is 15.9 Å². The molecule has 1 aromatic carbocycles. The minimum atomic E-state index is -0.511. The molecule has 3 N–H and O–H groups in total. The number of benzene rings is 1. The van der Waals surface area contributed by atoms with Crippen LogP contribution in [0.3, 0.4) is 0 Å². The van der Waals surface area contributed by atoms with Gasteiger partial charge in [0.2, 0.25) is 5.88 Å². The van der Waals surface area contributed by atoms with Gasteiger partial charge in [-0.05, 0) is 30.7 Å². The van der Waals surface area contributed by atoms with Gasteiger partial charge in [0.15, 0.2) is 5.75 Å². The van der Waals surface area contributed by atoms with Crippen molar-refractivity contribution in [3.63, 3.8) is 0 Å². The van der Waals surface area contributed by atoms with Crippen LogP contribution in [0.2, 0.25) is 5.02 Å². The number of nitrogens with zero attached hydrogens (tertiary/aromatic N) is 2. The first-order valence-electron chi connectivity index (χ1n) is 6.71. The van der Waals surface area contributed by atoms with Crippen molar-refractivity contribution >= 4 is 34.1 Å². The summed E-state index contributed by atoms with van der Waals surface area (Å²) in [4.78, 5) is 20.0. The summed E-state index contributed by atoms with van der Waals surface area (Å²) in [6.45, 7) is 1.78. The van der Waals surface area contributed by atoms with E-state index < -0.39 is 11.8 Å². The lowest BCUT2D eigenvalue weighted by atomic mass is 10.1. The van der Waals surface area contributed by atoms with Crippen molar-refractivity contribution in [3.05, 3.63) is 52.8 Å². The minimum Gasteiger partial charge on any atom is -0.505 e. The Morgan fingerprint density at radius 3 is 2.57 bits per heavy atom. The van der Waals surface area contributed by atoms with E-state index in [0.29, 0.717) is 16.1 Å². The van der Waals surface area contributed by atoms with Gasteiger partial charge in [-0.25, -0.2) is 4.98 Å². The summed E-state index contributed by atoms with van der Waals surface area (Å²) in [6.07, 6.45) is 2.93. The standard InChI is InChI=1S/C16H12ClN3O3/c1-8-2-3-10-11(12(8)17)14(21)13(16(23)19-10)20-15(22)9-4-6-18-7-5-9/h2-7H,1H3,(H,20,22)(H2,19,21,23). The molecule has 0 unspecified atom stereocenters. The van der Waals surface area contributed by atoms with Crippen molar-refractivity contribution in [2.75, 3.05) is 5.32 Å². The SMILES string of the molecule is Cc1ccc2nc(O)c(NC(=O)c3ccncc3)c(O)c2c1Cl. The second kappa shape index (κ2) is 5.73. The highest BCUT2D eigenvalue weighted by atomic mass is 35.5. The van der Waals surface area contributed by atoms with E-state index >= 15 is 0 Å². The zero-order chi connectivity index (χ0) is 16.6. The molecule has 1 amide bonds. The van der Waals surface area contributed by atoms with Gasteiger partial charge in [0.25, 0.3) is 5.91 Å². The van der Waals surface area contributed by atoms with Crippen LogP contribution in [0.4, 0.5) is 5.69 Å². The second-order valence-corrected chi connectivity index (χ2v) is 5.32. The number of nitrogens with one attached hydrogen (secondary N) is 1. The number of aromatic nitrogens is 2. The molecule has 0 aliphatic rings. The Morgan fingerprint density at radius 2 is 1.87 bits per heavy atom. The Kier molecular flexibility index (Phi) is 3.75. The molecule has 0 atom stereocenters. The number of carbonyl (C=O) groups is 1. The molecule has 116 valence electrons. The number of fused-ring (bicyclic) bond motifs is 1. The summed E-state index contributed by atoms with van der Waals surface area (Å²) in [5.41, 5.74) is 1.21. The molecule has 7 heteroatoms. The molecule has 23 heavy (non-hydrogen) atoms. The zero-order valence-corrected chi connectivity index (χ0v) is 12.8. The van der Waals surface area contributed by atoms with Crippen molar-refractivity contribution < 1.29 is 15.0 Å². The van der Waals surface area contributed by atoms with Gasteiger partial charge in [0, 0.05) is 18.0 Å². The van der Waals surface area contributed by atoms with Crippen LogP contribution in [0.25, 0.3) is 10.9 Å². The van der Waals surface area contributed by atoms with Crippen LogP contribution in [0.5, 0.6) is 11.6 Å². The van der Waals surface area contributed by atoms with Gasteiger partial charge in [-0.3, -0.25) is 9.78 Å². The molecule has 3 rings (SSSR count). The number of pyridine rings is 2. The third kappa shape index (κ3) is 2.64. The molecule has 2 heterocycles. The molecule has 0 aliphatic heterocycles. The lowest BCUT2D eigenvalue weighted by Gasteiger charge is -2.12. The summed E-state index contributed by atoms with van der Waals surface area (Å²) in [5.74, 6) is -1.33. The average Bonchev–Trinajstić information content (AvgIpc) is 2.55. The number of anilines is 1. The molecule has 0 radical (unpaired) electrons. The van der Waals surface area contributed by atoms with Crippen molar-refractivity contribution in [1.82, 2.24) is 9.97 Å². The highest BCUT2D eigenvalue weighted by Crippen LogP contribution is 2.42. The maximum absolute atomic E-state index is 12.2. The third-order valence-electron chi connectivity index (χ3n) is 3.42. The summed E-state index contributed by atoms with van der Waals surface area (Å²) >= 11 is 6.21. The van der Waals surface area contributed by atoms with Gasteiger partial charge >= 0.3 is 0 Å². The third-order valence-corrected chi connectivity index (χ3v) is 3.90. The molecule has 0 fully saturated rings. The highest BCUT2D eigenvalue weighted by Gasteiger charge is 2.19. The smallest absolute Gasteiger partial charge is 0.256 e. The lowest BCUT2D eigenvalue weighted by Crippen LogP contribution is -2.12. The van der Waals surface area contributed by atoms with Crippen LogP contribution in [0.15, 0.2) is 36.7 Å². The number of hydrogen-bond acceptors (Lipinski definition) is 5. The van der Waals surface area contributed by atoms with Crippen LogP contribution >= 0.6 is 11.6 Å². The van der Waals surface area contributed by atoms with Gasteiger partial charge in [-0.2, -0.15) is 0 Å². The van der Waals surface area contributed by atoms with Crippen molar-refractivity contribution in [3.8, 4) is 11.6 Å². The molecule has 6 nitrogen and oxygen atoms in total. The molecule has 0 bridgehead atoms. The summed E-state index contributed by atoms with van der Waals surface area (Å²) in [7, 11) is 0. The first-order chi connectivity index (χ1) is 11.0. The molecule has 0 saturated carbocycles. The molecular weight excluding hydrogens is 318 g/mol. The van der Waals surface area contributed by atoms with Gasteiger partial charge in [-0.1, -0.05) is 17.7 Å². The van der Waals surface area contributed by atoms with Crippen LogP contribution in [0, 0.1) is 6.92 Å². The van der Waals surface area contributed by atoms with E-state index in [-0.39, 0.29) is 16.8 Å². The molecule has 2 aromatic heterocycles. The molecule has 0 spiro atoms. The fourth-order valence-electron chi connectivity index (χ4n) is 2.19. The predicted molar refractivity (Wildman–Crippen MR) is 87.0 cm³/mol. The number of rotatable bonds is 2. The zero-order valence-electron chi connectivity index (χ0n) is 12.0. The number of carbonyl (C=O) groups excluding carboxylic acids is 1. The van der Waals surface area contributed by atoms with Crippen LogP contribution in [-0.2, 0) is 0 Å². The lowest BCUT2D eigenvalue weighted by molar-refractivity contribution is 0.102. The Labute approximate surface area is 136 Å². The van der Waals surface area contributed by atoms with E-state index in [1.807, 2.05) is 0 Å². The topological polar surface area (TPSA) is 95.3 Å². The van der Waals surface area contributed by atoms with Crippen LogP contribution in [0.1, 0.15) is 15.9 Å². The first-order valence-corrected chi connectivity index (χ1v) is 7.09. The summed E-state index contributed by atoms with van der Waals surface area (Å²) in [5, 5.41) is 23.5. The predicted octanol–water partition coefficient (Wildman–Crippen LogP) is 3.26. The number of aromatic hydroxyl groups is 2. The van der Waals surface area contributed by atoms with E-state index in [9.17, 15) is 15.0 Å². The van der Waals surface area contributed by atoms with Crippen molar-refractivity contribution in [2.45, 2.75) is 6.92 Å². The monoisotopic (exact) mass is 329 g/mol. The molecular formula is C16H12ClN3O3. The van der Waals surface area contributed by atoms with E-state index in [2.05, 4.69) is 15.3 Å². The van der Waals surface area contributed by atoms with Gasteiger partial charge in [0.1, 0.15) is 5.69 Å². The summed E-state index contributed by atoms with van der Waals surface area (Å²) in [6, 6.07) is 6.38. The fourth-order valence-corrected chi connectivity index (χ4v) is 2.44. The quantitative estimate of drug-likeness (QED) is 0.670. The Bertz CT molecular complexity index is 914. The Balaban J connectivity index is 2.11. The Morgan fingerprint density at radius 1 is 1.17 bits per heavy atom. The number of hydrogen-bond donors (Lipinski definition) is 3. The fraction of sp³-hybridized carbons (Fsp3) is 0.0625. The maximum atomic E-state index is 12.2. The summed E-state index contributed by atoms with van der Waals surface area (Å²) < 4.78 is 0. The Hall–Kier alpha value is -2.86. The minimum absolute atomic E-state index is 0.188. The highest BCUT2D eigenvalue weighted by molar-refractivity contribution is 6.37. The number of amides is 1. The van der Waals surface area contributed by atoms with Gasteiger partial charge < -0.3 is 15.5 Å². The molecule has 0 saturated heterocycles. The van der Waals surface area contributed by atoms with Gasteiger partial charge in [-0.15, -0.1) is 0 Å². The largest absolute Gasteiger partial charge is 0.505 e. The van der Waals surface area contributed by atoms with E-state index in [1.54, 1.807) is 19.1 Å².